The van der Waals surface area contributed by atoms with Crippen LogP contribution in [0.5, 0.6) is 0 Å². The fourth-order valence-electron chi connectivity index (χ4n) is 2.57. The SMILES string of the molecule is CC(NC1=NS(=O)c2c(Cl)cc(Cl)cc21)c1ncnn1-c1ncccn1. The molecule has 3 heterocycles. The minimum Gasteiger partial charge on any atom is -0.359 e. The summed E-state index contributed by atoms with van der Waals surface area (Å²) < 4.78 is 17.9. The molecule has 2 unspecified atom stereocenters. The van der Waals surface area contributed by atoms with Gasteiger partial charge in [0.05, 0.1) is 16.0 Å². The molecule has 2 aromatic heterocycles. The molecule has 0 spiro atoms. The third-order valence-corrected chi connectivity index (χ3v) is 5.43. The van der Waals surface area contributed by atoms with Crippen LogP contribution in [-0.2, 0) is 11.0 Å². The number of halogens is 2. The van der Waals surface area contributed by atoms with E-state index >= 15 is 0 Å². The largest absolute Gasteiger partial charge is 0.359 e. The van der Waals surface area contributed by atoms with Crippen LogP contribution in [0.15, 0.2) is 46.2 Å². The van der Waals surface area contributed by atoms with Crippen molar-refractivity contribution in [3.05, 3.63) is 58.4 Å². The standard InChI is InChI=1S/C15H11Cl2N7OS/c1-8(14-20-7-21-24(14)15-18-3-2-4-19-15)22-13-10-5-9(16)6-11(17)12(10)26(25)23-13/h2-8H,1H3,(H,22,23). The van der Waals surface area contributed by atoms with Crippen LogP contribution in [0.1, 0.15) is 24.4 Å². The van der Waals surface area contributed by atoms with Gasteiger partial charge in [-0.15, -0.1) is 0 Å². The van der Waals surface area contributed by atoms with E-state index in [1.54, 1.807) is 30.6 Å². The number of hydrogen-bond donors (Lipinski definition) is 1. The van der Waals surface area contributed by atoms with Gasteiger partial charge in [0.2, 0.25) is 0 Å². The first-order valence-electron chi connectivity index (χ1n) is 7.48. The smallest absolute Gasteiger partial charge is 0.252 e. The molecule has 2 atom stereocenters. The number of hydrogen-bond acceptors (Lipinski definition) is 6. The fraction of sp³-hybridized carbons (Fsp3) is 0.133. The lowest BCUT2D eigenvalue weighted by atomic mass is 10.2. The number of rotatable bonds is 3. The highest BCUT2D eigenvalue weighted by atomic mass is 35.5. The number of benzene rings is 1. The third-order valence-electron chi connectivity index (χ3n) is 3.67. The zero-order chi connectivity index (χ0) is 18.3. The Labute approximate surface area is 160 Å². The molecule has 0 saturated heterocycles. The van der Waals surface area contributed by atoms with E-state index in [0.29, 0.717) is 38.1 Å². The molecule has 0 fully saturated rings. The molecule has 1 N–H and O–H groups in total. The second-order valence-corrected chi connectivity index (χ2v) is 7.33. The van der Waals surface area contributed by atoms with Gasteiger partial charge >= 0.3 is 0 Å². The predicted molar refractivity (Wildman–Crippen MR) is 97.9 cm³/mol. The Kier molecular flexibility index (Phi) is 4.43. The summed E-state index contributed by atoms with van der Waals surface area (Å²) in [6.07, 6.45) is 4.66. The molecular weight excluding hydrogens is 397 g/mol. The van der Waals surface area contributed by atoms with Crippen LogP contribution in [0.2, 0.25) is 10.0 Å². The second-order valence-electron chi connectivity index (χ2n) is 5.40. The van der Waals surface area contributed by atoms with E-state index < -0.39 is 11.0 Å². The quantitative estimate of drug-likeness (QED) is 0.715. The van der Waals surface area contributed by atoms with Gasteiger partial charge in [-0.3, -0.25) is 0 Å². The lowest BCUT2D eigenvalue weighted by molar-refractivity contribution is 0.620. The van der Waals surface area contributed by atoms with Gasteiger partial charge in [-0.1, -0.05) is 23.2 Å². The molecule has 0 amide bonds. The first-order valence-corrected chi connectivity index (χ1v) is 9.34. The Morgan fingerprint density at radius 1 is 1.19 bits per heavy atom. The van der Waals surface area contributed by atoms with Crippen molar-refractivity contribution >= 4 is 40.0 Å². The molecule has 1 aliphatic rings. The average molecular weight is 408 g/mol. The van der Waals surface area contributed by atoms with E-state index in [1.807, 2.05) is 6.92 Å². The van der Waals surface area contributed by atoms with E-state index in [2.05, 4.69) is 29.8 Å². The molecule has 26 heavy (non-hydrogen) atoms. The molecule has 0 saturated carbocycles. The maximum Gasteiger partial charge on any atom is 0.252 e. The monoisotopic (exact) mass is 407 g/mol. The Bertz CT molecular complexity index is 1040. The van der Waals surface area contributed by atoms with Gasteiger partial charge in [0.25, 0.3) is 5.95 Å². The molecule has 3 aromatic rings. The number of amidine groups is 1. The molecule has 1 aliphatic heterocycles. The molecule has 132 valence electrons. The zero-order valence-electron chi connectivity index (χ0n) is 13.3. The van der Waals surface area contributed by atoms with Crippen molar-refractivity contribution in [3.8, 4) is 5.95 Å². The van der Waals surface area contributed by atoms with Crippen LogP contribution in [0.3, 0.4) is 0 Å². The molecule has 8 nitrogen and oxygen atoms in total. The normalized spacial score (nSPS) is 16.9. The van der Waals surface area contributed by atoms with Gasteiger partial charge in [-0.25, -0.2) is 19.2 Å². The third kappa shape index (κ3) is 2.98. The minimum atomic E-state index is -1.58. The van der Waals surface area contributed by atoms with Gasteiger partial charge in [-0.05, 0) is 25.1 Å². The average Bonchev–Trinajstić information content (AvgIpc) is 3.21. The summed E-state index contributed by atoms with van der Waals surface area (Å²) >= 11 is 12.2. The Morgan fingerprint density at radius 3 is 2.73 bits per heavy atom. The van der Waals surface area contributed by atoms with Crippen molar-refractivity contribution in [2.75, 3.05) is 0 Å². The van der Waals surface area contributed by atoms with Crippen LogP contribution in [0, 0.1) is 0 Å². The second kappa shape index (κ2) is 6.75. The highest BCUT2D eigenvalue weighted by molar-refractivity contribution is 7.84. The first kappa shape index (κ1) is 17.1. The number of fused-ring (bicyclic) bond motifs is 1. The summed E-state index contributed by atoms with van der Waals surface area (Å²) in [6, 6.07) is 4.62. The van der Waals surface area contributed by atoms with Crippen molar-refractivity contribution in [1.82, 2.24) is 30.0 Å². The summed E-state index contributed by atoms with van der Waals surface area (Å²) in [5.74, 6) is 1.40. The molecule has 0 radical (unpaired) electrons. The van der Waals surface area contributed by atoms with E-state index in [9.17, 15) is 4.21 Å². The van der Waals surface area contributed by atoms with Crippen molar-refractivity contribution in [2.24, 2.45) is 4.40 Å². The highest BCUT2D eigenvalue weighted by Crippen LogP contribution is 2.33. The van der Waals surface area contributed by atoms with Crippen molar-refractivity contribution < 1.29 is 4.21 Å². The van der Waals surface area contributed by atoms with E-state index in [0.717, 1.165) is 0 Å². The molecule has 4 rings (SSSR count). The van der Waals surface area contributed by atoms with Gasteiger partial charge in [0, 0.05) is 23.0 Å². The first-order chi connectivity index (χ1) is 12.5. The van der Waals surface area contributed by atoms with Crippen molar-refractivity contribution in [3.63, 3.8) is 0 Å². The zero-order valence-corrected chi connectivity index (χ0v) is 15.6. The molecule has 0 aliphatic carbocycles. The van der Waals surface area contributed by atoms with Crippen molar-refractivity contribution in [2.45, 2.75) is 17.9 Å². The van der Waals surface area contributed by atoms with Gasteiger partial charge in [0.15, 0.2) is 16.8 Å². The fourth-order valence-corrected chi connectivity index (χ4v) is 4.23. The lowest BCUT2D eigenvalue weighted by Gasteiger charge is -2.15. The highest BCUT2D eigenvalue weighted by Gasteiger charge is 2.28. The molecular formula is C15H11Cl2N7OS. The van der Waals surface area contributed by atoms with Crippen molar-refractivity contribution in [1.29, 1.82) is 0 Å². The van der Waals surface area contributed by atoms with Crippen LogP contribution >= 0.6 is 23.2 Å². The summed E-state index contributed by atoms with van der Waals surface area (Å²) in [4.78, 5) is 13.1. The predicted octanol–water partition coefficient (Wildman–Crippen LogP) is 2.50. The van der Waals surface area contributed by atoms with E-state index in [1.165, 1.54) is 11.0 Å². The Balaban J connectivity index is 1.66. The lowest BCUT2D eigenvalue weighted by Crippen LogP contribution is -2.29. The Hall–Kier alpha value is -2.36. The van der Waals surface area contributed by atoms with Crippen LogP contribution in [0.4, 0.5) is 0 Å². The molecule has 0 bridgehead atoms. The number of aromatic nitrogens is 5. The molecule has 1 aromatic carbocycles. The minimum absolute atomic E-state index is 0.319. The van der Waals surface area contributed by atoms with E-state index in [4.69, 9.17) is 23.2 Å². The Morgan fingerprint density at radius 2 is 1.96 bits per heavy atom. The molecule has 11 heteroatoms. The number of nitrogens with zero attached hydrogens (tertiary/aromatic N) is 6. The number of nitrogens with one attached hydrogen (secondary N) is 1. The van der Waals surface area contributed by atoms with Gasteiger partial charge in [0.1, 0.15) is 12.2 Å². The maximum absolute atomic E-state index is 12.3. The van der Waals surface area contributed by atoms with E-state index in [-0.39, 0.29) is 6.04 Å². The van der Waals surface area contributed by atoms with Crippen LogP contribution < -0.4 is 5.32 Å². The topological polar surface area (TPSA) is 98.0 Å². The van der Waals surface area contributed by atoms with Gasteiger partial charge < -0.3 is 5.32 Å². The maximum atomic E-state index is 12.3. The van der Waals surface area contributed by atoms with Gasteiger partial charge in [-0.2, -0.15) is 14.2 Å². The summed E-state index contributed by atoms with van der Waals surface area (Å²) in [7, 11) is -1.58. The summed E-state index contributed by atoms with van der Waals surface area (Å²) in [6.45, 7) is 1.87. The summed E-state index contributed by atoms with van der Waals surface area (Å²) in [5, 5.41) is 8.12. The van der Waals surface area contributed by atoms with Crippen LogP contribution in [0.25, 0.3) is 5.95 Å². The van der Waals surface area contributed by atoms with Crippen LogP contribution in [-0.4, -0.2) is 34.8 Å². The summed E-state index contributed by atoms with van der Waals surface area (Å²) in [5.41, 5.74) is 0.606.